The Morgan fingerprint density at radius 1 is 1.53 bits per heavy atom. The van der Waals surface area contributed by atoms with Crippen LogP contribution in [0.2, 0.25) is 0 Å². The quantitative estimate of drug-likeness (QED) is 0.835. The number of pyridine rings is 1. The van der Waals surface area contributed by atoms with Gasteiger partial charge in [-0.1, -0.05) is 0 Å². The molecule has 0 saturated carbocycles. The van der Waals surface area contributed by atoms with Crippen molar-refractivity contribution in [2.24, 2.45) is 5.92 Å². The molecule has 1 aliphatic rings. The van der Waals surface area contributed by atoms with Crippen LogP contribution in [0.15, 0.2) is 12.1 Å². The molecule has 2 rings (SSSR count). The van der Waals surface area contributed by atoms with E-state index in [1.54, 1.807) is 4.90 Å². The van der Waals surface area contributed by atoms with Gasteiger partial charge in [-0.3, -0.25) is 9.78 Å². The summed E-state index contributed by atoms with van der Waals surface area (Å²) >= 11 is 0. The van der Waals surface area contributed by atoms with Crippen LogP contribution in [-0.2, 0) is 0 Å². The number of carbonyl (C=O) groups is 1. The Morgan fingerprint density at radius 3 is 2.88 bits per heavy atom. The van der Waals surface area contributed by atoms with Crippen molar-refractivity contribution < 1.29 is 9.90 Å². The number of aliphatic hydroxyl groups is 1. The number of carbonyl (C=O) groups excluding carboxylic acids is 1. The highest BCUT2D eigenvalue weighted by molar-refractivity contribution is 5.95. The van der Waals surface area contributed by atoms with E-state index in [1.807, 2.05) is 26.0 Å². The number of amides is 1. The maximum Gasteiger partial charge on any atom is 0.255 e. The molecule has 17 heavy (non-hydrogen) atoms. The zero-order valence-electron chi connectivity index (χ0n) is 10.3. The van der Waals surface area contributed by atoms with Gasteiger partial charge in [0.25, 0.3) is 5.91 Å². The van der Waals surface area contributed by atoms with Crippen LogP contribution in [-0.4, -0.2) is 40.6 Å². The van der Waals surface area contributed by atoms with E-state index in [9.17, 15) is 4.79 Å². The number of aromatic nitrogens is 1. The summed E-state index contributed by atoms with van der Waals surface area (Å²) in [4.78, 5) is 18.4. The van der Waals surface area contributed by atoms with Gasteiger partial charge in [0.1, 0.15) is 0 Å². The van der Waals surface area contributed by atoms with Gasteiger partial charge in [-0.2, -0.15) is 0 Å². The Morgan fingerprint density at radius 2 is 2.29 bits per heavy atom. The number of likely N-dealkylation sites (tertiary alicyclic amines) is 1. The summed E-state index contributed by atoms with van der Waals surface area (Å²) in [5.41, 5.74) is 2.38. The minimum atomic E-state index is 0.0333. The first-order chi connectivity index (χ1) is 8.11. The molecule has 1 fully saturated rings. The maximum absolute atomic E-state index is 12.2. The SMILES string of the molecule is Cc1ccc(C(=O)N2CCC(CO)C2)c(C)n1. The van der Waals surface area contributed by atoms with Gasteiger partial charge in [0.2, 0.25) is 0 Å². The minimum Gasteiger partial charge on any atom is -0.396 e. The second-order valence-electron chi connectivity index (χ2n) is 4.67. The fraction of sp³-hybridized carbons (Fsp3) is 0.538. The van der Waals surface area contributed by atoms with Crippen molar-refractivity contribution in [1.82, 2.24) is 9.88 Å². The third-order valence-corrected chi connectivity index (χ3v) is 3.29. The first-order valence-electron chi connectivity index (χ1n) is 5.96. The molecule has 0 aliphatic carbocycles. The van der Waals surface area contributed by atoms with Crippen LogP contribution in [0.1, 0.15) is 28.2 Å². The molecule has 1 aromatic heterocycles. The predicted molar refractivity (Wildman–Crippen MR) is 64.8 cm³/mol. The van der Waals surface area contributed by atoms with Gasteiger partial charge in [-0.05, 0) is 32.4 Å². The average molecular weight is 234 g/mol. The van der Waals surface area contributed by atoms with Crippen molar-refractivity contribution >= 4 is 5.91 Å². The van der Waals surface area contributed by atoms with Crippen LogP contribution in [0.25, 0.3) is 0 Å². The van der Waals surface area contributed by atoms with Crippen LogP contribution in [0.4, 0.5) is 0 Å². The lowest BCUT2D eigenvalue weighted by molar-refractivity contribution is 0.0780. The Balaban J connectivity index is 2.15. The van der Waals surface area contributed by atoms with Crippen molar-refractivity contribution in [1.29, 1.82) is 0 Å². The monoisotopic (exact) mass is 234 g/mol. The lowest BCUT2D eigenvalue weighted by Gasteiger charge is -2.17. The number of nitrogens with zero attached hydrogens (tertiary/aromatic N) is 2. The Hall–Kier alpha value is -1.42. The number of hydrogen-bond acceptors (Lipinski definition) is 3. The molecule has 1 aliphatic heterocycles. The molecule has 1 unspecified atom stereocenters. The second-order valence-corrected chi connectivity index (χ2v) is 4.67. The van der Waals surface area contributed by atoms with Gasteiger partial charge < -0.3 is 10.0 Å². The smallest absolute Gasteiger partial charge is 0.255 e. The molecule has 0 radical (unpaired) electrons. The predicted octanol–water partition coefficient (Wildman–Crippen LogP) is 1.15. The number of aryl methyl sites for hydroxylation is 2. The van der Waals surface area contributed by atoms with E-state index in [1.165, 1.54) is 0 Å². The lowest BCUT2D eigenvalue weighted by Crippen LogP contribution is -2.29. The summed E-state index contributed by atoms with van der Waals surface area (Å²) in [6, 6.07) is 3.70. The van der Waals surface area contributed by atoms with Crippen molar-refractivity contribution in [2.75, 3.05) is 19.7 Å². The van der Waals surface area contributed by atoms with E-state index < -0.39 is 0 Å². The first kappa shape index (κ1) is 12.0. The molecule has 1 N–H and O–H groups in total. The standard InChI is InChI=1S/C13H18N2O2/c1-9-3-4-12(10(2)14-9)13(17)15-6-5-11(7-15)8-16/h3-4,11,16H,5-8H2,1-2H3. The summed E-state index contributed by atoms with van der Waals surface area (Å²) in [6.07, 6.45) is 0.889. The molecule has 1 atom stereocenters. The third-order valence-electron chi connectivity index (χ3n) is 3.29. The van der Waals surface area contributed by atoms with E-state index in [0.29, 0.717) is 12.1 Å². The van der Waals surface area contributed by atoms with E-state index in [-0.39, 0.29) is 18.4 Å². The molecule has 1 amide bonds. The fourth-order valence-electron chi connectivity index (χ4n) is 2.25. The van der Waals surface area contributed by atoms with E-state index >= 15 is 0 Å². The number of rotatable bonds is 2. The maximum atomic E-state index is 12.2. The highest BCUT2D eigenvalue weighted by atomic mass is 16.3. The molecule has 1 saturated heterocycles. The molecule has 2 heterocycles. The van der Waals surface area contributed by atoms with Gasteiger partial charge >= 0.3 is 0 Å². The van der Waals surface area contributed by atoms with Crippen molar-refractivity contribution in [3.63, 3.8) is 0 Å². The zero-order valence-corrected chi connectivity index (χ0v) is 10.3. The minimum absolute atomic E-state index is 0.0333. The highest BCUT2D eigenvalue weighted by Crippen LogP contribution is 2.19. The summed E-state index contributed by atoms with van der Waals surface area (Å²) in [6.45, 7) is 5.33. The summed E-state index contributed by atoms with van der Waals surface area (Å²) in [5, 5.41) is 9.08. The molecular formula is C13H18N2O2. The van der Waals surface area contributed by atoms with Crippen molar-refractivity contribution in [3.8, 4) is 0 Å². The van der Waals surface area contributed by atoms with Crippen LogP contribution >= 0.6 is 0 Å². The van der Waals surface area contributed by atoms with E-state index in [0.717, 1.165) is 24.4 Å². The second kappa shape index (κ2) is 4.84. The normalized spacial score (nSPS) is 19.7. The summed E-state index contributed by atoms with van der Waals surface area (Å²) in [7, 11) is 0. The highest BCUT2D eigenvalue weighted by Gasteiger charge is 2.27. The van der Waals surface area contributed by atoms with Crippen molar-refractivity contribution in [3.05, 3.63) is 29.1 Å². The molecule has 4 nitrogen and oxygen atoms in total. The van der Waals surface area contributed by atoms with Gasteiger partial charge in [-0.15, -0.1) is 0 Å². The molecule has 1 aromatic rings. The molecular weight excluding hydrogens is 216 g/mol. The van der Waals surface area contributed by atoms with E-state index in [4.69, 9.17) is 5.11 Å². The molecule has 92 valence electrons. The third kappa shape index (κ3) is 2.47. The Bertz CT molecular complexity index is 431. The van der Waals surface area contributed by atoms with E-state index in [2.05, 4.69) is 4.98 Å². The van der Waals surface area contributed by atoms with Crippen LogP contribution < -0.4 is 0 Å². The van der Waals surface area contributed by atoms with Crippen LogP contribution in [0.5, 0.6) is 0 Å². The number of hydrogen-bond donors (Lipinski definition) is 1. The van der Waals surface area contributed by atoms with Crippen LogP contribution in [0.3, 0.4) is 0 Å². The first-order valence-corrected chi connectivity index (χ1v) is 5.96. The zero-order chi connectivity index (χ0) is 12.4. The van der Waals surface area contributed by atoms with Gasteiger partial charge in [0, 0.05) is 31.3 Å². The Kier molecular flexibility index (Phi) is 3.43. The summed E-state index contributed by atoms with van der Waals surface area (Å²) in [5.74, 6) is 0.267. The fourth-order valence-corrected chi connectivity index (χ4v) is 2.25. The summed E-state index contributed by atoms with van der Waals surface area (Å²) < 4.78 is 0. The molecule has 0 aromatic carbocycles. The molecule has 0 spiro atoms. The Labute approximate surface area is 101 Å². The number of aliphatic hydroxyl groups excluding tert-OH is 1. The largest absolute Gasteiger partial charge is 0.396 e. The molecule has 0 bridgehead atoms. The van der Waals surface area contributed by atoms with Crippen LogP contribution in [0, 0.1) is 19.8 Å². The topological polar surface area (TPSA) is 53.4 Å². The average Bonchev–Trinajstić information content (AvgIpc) is 2.76. The van der Waals surface area contributed by atoms with Gasteiger partial charge in [0.15, 0.2) is 0 Å². The van der Waals surface area contributed by atoms with Crippen molar-refractivity contribution in [2.45, 2.75) is 20.3 Å². The molecule has 4 heteroatoms. The van der Waals surface area contributed by atoms with Gasteiger partial charge in [0.05, 0.1) is 11.3 Å². The van der Waals surface area contributed by atoms with Gasteiger partial charge in [-0.25, -0.2) is 0 Å². The lowest BCUT2D eigenvalue weighted by atomic mass is 10.1.